The molecule has 0 fully saturated rings. The zero-order valence-electron chi connectivity index (χ0n) is 18.0. The van der Waals surface area contributed by atoms with Crippen molar-refractivity contribution in [3.05, 3.63) is 77.4 Å². The molecule has 0 spiro atoms. The molecule has 6 heteroatoms. The van der Waals surface area contributed by atoms with E-state index >= 15 is 0 Å². The van der Waals surface area contributed by atoms with Gasteiger partial charge in [-0.1, -0.05) is 48.5 Å². The molecule has 5 nitrogen and oxygen atoms in total. The summed E-state index contributed by atoms with van der Waals surface area (Å²) in [5.74, 6) is 0.957. The molecular formula is C24H31IN4O. The Labute approximate surface area is 196 Å². The van der Waals surface area contributed by atoms with Crippen LogP contribution in [0, 0.1) is 0 Å². The van der Waals surface area contributed by atoms with Gasteiger partial charge >= 0.3 is 0 Å². The predicted octanol–water partition coefficient (Wildman–Crippen LogP) is 3.91. The lowest BCUT2D eigenvalue weighted by Gasteiger charge is -2.29. The van der Waals surface area contributed by atoms with E-state index in [2.05, 4.69) is 57.7 Å². The third kappa shape index (κ3) is 6.32. The maximum atomic E-state index is 12.1. The monoisotopic (exact) mass is 518 g/mol. The molecule has 0 radical (unpaired) electrons. The molecule has 1 amide bonds. The molecule has 0 bridgehead atoms. The minimum Gasteiger partial charge on any atom is -0.356 e. The van der Waals surface area contributed by atoms with Gasteiger partial charge in [0.1, 0.15) is 0 Å². The number of carbonyl (C=O) groups is 1. The molecule has 0 aromatic heterocycles. The fraction of sp³-hybridized carbons (Fsp3) is 0.333. The van der Waals surface area contributed by atoms with Gasteiger partial charge in [0, 0.05) is 46.3 Å². The number of halogens is 1. The number of guanidine groups is 1. The van der Waals surface area contributed by atoms with Crippen LogP contribution < -0.4 is 5.32 Å². The van der Waals surface area contributed by atoms with Crippen molar-refractivity contribution in [3.63, 3.8) is 0 Å². The first-order valence-electron chi connectivity index (χ1n) is 10.1. The van der Waals surface area contributed by atoms with Gasteiger partial charge in [-0.25, -0.2) is 0 Å². The molecule has 1 aliphatic heterocycles. The van der Waals surface area contributed by atoms with E-state index in [1.165, 1.54) is 11.1 Å². The molecule has 2 aromatic carbocycles. The zero-order valence-corrected chi connectivity index (χ0v) is 20.3. The molecule has 1 aliphatic rings. The minimum absolute atomic E-state index is 0. The molecule has 1 heterocycles. The molecular weight excluding hydrogens is 487 g/mol. The third-order valence-corrected chi connectivity index (χ3v) is 5.14. The second-order valence-corrected chi connectivity index (χ2v) is 7.42. The van der Waals surface area contributed by atoms with Crippen molar-refractivity contribution in [2.24, 2.45) is 4.99 Å². The van der Waals surface area contributed by atoms with Crippen LogP contribution in [0.5, 0.6) is 0 Å². The van der Waals surface area contributed by atoms with E-state index in [1.54, 1.807) is 19.0 Å². The topological polar surface area (TPSA) is 47.9 Å². The second kappa shape index (κ2) is 11.7. The van der Waals surface area contributed by atoms with E-state index in [4.69, 9.17) is 0 Å². The molecule has 3 rings (SSSR count). The molecule has 0 saturated heterocycles. The van der Waals surface area contributed by atoms with Crippen molar-refractivity contribution < 1.29 is 4.79 Å². The number of rotatable bonds is 5. The highest BCUT2D eigenvalue weighted by Gasteiger charge is 2.16. The first-order chi connectivity index (χ1) is 14.1. The van der Waals surface area contributed by atoms with Gasteiger partial charge in [0.15, 0.2) is 5.96 Å². The number of nitrogens with zero attached hydrogens (tertiary/aromatic N) is 3. The van der Waals surface area contributed by atoms with Gasteiger partial charge in [-0.05, 0) is 41.7 Å². The first kappa shape index (κ1) is 23.9. The van der Waals surface area contributed by atoms with Gasteiger partial charge in [-0.2, -0.15) is 0 Å². The van der Waals surface area contributed by atoms with Crippen LogP contribution in [0.25, 0.3) is 5.57 Å². The van der Waals surface area contributed by atoms with Crippen LogP contribution >= 0.6 is 24.0 Å². The second-order valence-electron chi connectivity index (χ2n) is 7.42. The summed E-state index contributed by atoms with van der Waals surface area (Å²) in [6.07, 6.45) is 4.15. The molecule has 0 atom stereocenters. The Kier molecular flexibility index (Phi) is 9.36. The Morgan fingerprint density at radius 3 is 2.53 bits per heavy atom. The van der Waals surface area contributed by atoms with E-state index in [1.807, 2.05) is 25.2 Å². The van der Waals surface area contributed by atoms with Crippen LogP contribution in [0.2, 0.25) is 0 Å². The van der Waals surface area contributed by atoms with Crippen LogP contribution in [-0.4, -0.2) is 62.4 Å². The normalized spacial score (nSPS) is 13.9. The Morgan fingerprint density at radius 2 is 1.90 bits per heavy atom. The highest BCUT2D eigenvalue weighted by atomic mass is 127. The van der Waals surface area contributed by atoms with Gasteiger partial charge < -0.3 is 15.1 Å². The highest BCUT2D eigenvalue weighted by molar-refractivity contribution is 14.0. The summed E-state index contributed by atoms with van der Waals surface area (Å²) >= 11 is 0. The van der Waals surface area contributed by atoms with Crippen LogP contribution in [0.15, 0.2) is 65.7 Å². The summed E-state index contributed by atoms with van der Waals surface area (Å²) in [6.45, 7) is 2.59. The molecule has 160 valence electrons. The van der Waals surface area contributed by atoms with Crippen molar-refractivity contribution in [2.75, 3.05) is 40.8 Å². The summed E-state index contributed by atoms with van der Waals surface area (Å²) < 4.78 is 0. The predicted molar refractivity (Wildman–Crippen MR) is 136 cm³/mol. The minimum atomic E-state index is 0. The largest absolute Gasteiger partial charge is 0.356 e. The zero-order chi connectivity index (χ0) is 20.6. The van der Waals surface area contributed by atoms with Gasteiger partial charge in [0.25, 0.3) is 5.91 Å². The molecule has 0 unspecified atom stereocenters. The number of aliphatic imine (C=N–C) groups is 1. The number of hydrogen-bond donors (Lipinski definition) is 1. The summed E-state index contributed by atoms with van der Waals surface area (Å²) in [6, 6.07) is 18.4. The number of nitrogens with one attached hydrogen (secondary N) is 1. The van der Waals surface area contributed by atoms with Crippen LogP contribution in [0.3, 0.4) is 0 Å². The summed E-state index contributed by atoms with van der Waals surface area (Å²) in [5.41, 5.74) is 4.58. The van der Waals surface area contributed by atoms with Crippen molar-refractivity contribution >= 4 is 41.4 Å². The number of amides is 1. The maximum Gasteiger partial charge on any atom is 0.253 e. The Hall–Kier alpha value is -2.35. The van der Waals surface area contributed by atoms with E-state index in [-0.39, 0.29) is 29.9 Å². The Morgan fingerprint density at radius 1 is 1.13 bits per heavy atom. The molecule has 0 saturated carbocycles. The SMILES string of the molecule is CN=C(NCCc1cccc(C(=O)N(C)C)c1)N1CC=C(c2ccccc2)CC1.I. The smallest absolute Gasteiger partial charge is 0.253 e. The Balaban J connectivity index is 0.00000320. The van der Waals surface area contributed by atoms with Gasteiger partial charge in [0.2, 0.25) is 0 Å². The standard InChI is InChI=1S/C24H30N4O.HI/c1-25-24(28-16-13-21(14-17-28)20-9-5-4-6-10-20)26-15-12-19-8-7-11-22(18-19)23(29)27(2)3;/h4-11,13,18H,12,14-17H2,1-3H3,(H,25,26);1H. The number of hydrogen-bond acceptors (Lipinski definition) is 2. The summed E-state index contributed by atoms with van der Waals surface area (Å²) in [7, 11) is 5.38. The van der Waals surface area contributed by atoms with E-state index in [0.717, 1.165) is 49.6 Å². The summed E-state index contributed by atoms with van der Waals surface area (Å²) in [5, 5.41) is 3.46. The van der Waals surface area contributed by atoms with Crippen molar-refractivity contribution in [1.82, 2.24) is 15.1 Å². The van der Waals surface area contributed by atoms with E-state index in [0.29, 0.717) is 0 Å². The van der Waals surface area contributed by atoms with E-state index in [9.17, 15) is 4.79 Å². The number of carbonyl (C=O) groups excluding carboxylic acids is 1. The van der Waals surface area contributed by atoms with Gasteiger partial charge in [-0.15, -0.1) is 24.0 Å². The highest BCUT2D eigenvalue weighted by Crippen LogP contribution is 2.21. The van der Waals surface area contributed by atoms with Crippen molar-refractivity contribution in [1.29, 1.82) is 0 Å². The quantitative estimate of drug-likeness (QED) is 0.371. The molecule has 0 aliphatic carbocycles. The van der Waals surface area contributed by atoms with Crippen LogP contribution in [0.1, 0.15) is 27.9 Å². The average Bonchev–Trinajstić information content (AvgIpc) is 2.77. The first-order valence-corrected chi connectivity index (χ1v) is 10.1. The lowest BCUT2D eigenvalue weighted by Crippen LogP contribution is -2.44. The van der Waals surface area contributed by atoms with Crippen LogP contribution in [0.4, 0.5) is 0 Å². The van der Waals surface area contributed by atoms with Crippen molar-refractivity contribution in [3.8, 4) is 0 Å². The Bertz CT molecular complexity index is 893. The average molecular weight is 518 g/mol. The van der Waals surface area contributed by atoms with Crippen molar-refractivity contribution in [2.45, 2.75) is 12.8 Å². The summed E-state index contributed by atoms with van der Waals surface area (Å²) in [4.78, 5) is 20.5. The van der Waals surface area contributed by atoms with Crippen LogP contribution in [-0.2, 0) is 6.42 Å². The number of benzene rings is 2. The van der Waals surface area contributed by atoms with Gasteiger partial charge in [0.05, 0.1) is 0 Å². The third-order valence-electron chi connectivity index (χ3n) is 5.14. The van der Waals surface area contributed by atoms with E-state index < -0.39 is 0 Å². The fourth-order valence-electron chi connectivity index (χ4n) is 3.54. The maximum absolute atomic E-state index is 12.1. The molecule has 2 aromatic rings. The fourth-order valence-corrected chi connectivity index (χ4v) is 3.54. The van der Waals surface area contributed by atoms with Gasteiger partial charge in [-0.3, -0.25) is 9.79 Å². The molecule has 1 N–H and O–H groups in total. The lowest BCUT2D eigenvalue weighted by molar-refractivity contribution is 0.0827. The lowest BCUT2D eigenvalue weighted by atomic mass is 10.00. The molecule has 30 heavy (non-hydrogen) atoms.